The minimum absolute atomic E-state index is 0.138. The highest BCUT2D eigenvalue weighted by atomic mass is 32.1. The number of carbonyl (C=O) groups excluding carboxylic acids is 1. The number of carbonyl (C=O) groups is 1. The van der Waals surface area contributed by atoms with Crippen molar-refractivity contribution in [1.82, 2.24) is 4.98 Å². The fourth-order valence-electron chi connectivity index (χ4n) is 3.10. The van der Waals surface area contributed by atoms with E-state index in [2.05, 4.69) is 34.3 Å². The van der Waals surface area contributed by atoms with Crippen LogP contribution in [0.15, 0.2) is 35.0 Å². The molecular formula is C18H18N2OS3. The molecule has 0 radical (unpaired) electrons. The molecule has 4 rings (SSSR count). The van der Waals surface area contributed by atoms with Crippen LogP contribution >= 0.6 is 34.0 Å². The summed E-state index contributed by atoms with van der Waals surface area (Å²) >= 11 is 4.98. The van der Waals surface area contributed by atoms with E-state index in [0.29, 0.717) is 0 Å². The first-order chi connectivity index (χ1) is 11.8. The molecule has 0 saturated heterocycles. The predicted octanol–water partition coefficient (Wildman–Crippen LogP) is 6.12. The zero-order valence-electron chi connectivity index (χ0n) is 13.2. The molecule has 0 spiro atoms. The molecule has 0 unspecified atom stereocenters. The number of amides is 1. The van der Waals surface area contributed by atoms with Crippen LogP contribution in [0.3, 0.4) is 0 Å². The van der Waals surface area contributed by atoms with Crippen LogP contribution in [-0.2, 0) is 4.79 Å². The summed E-state index contributed by atoms with van der Waals surface area (Å²) in [5, 5.41) is 7.93. The summed E-state index contributed by atoms with van der Waals surface area (Å²) in [5.74, 6) is 0.289. The number of aromatic nitrogens is 1. The molecule has 24 heavy (non-hydrogen) atoms. The highest BCUT2D eigenvalue weighted by Crippen LogP contribution is 2.42. The Bertz CT molecular complexity index is 748. The van der Waals surface area contributed by atoms with Crippen molar-refractivity contribution in [3.8, 4) is 20.3 Å². The van der Waals surface area contributed by atoms with Crippen molar-refractivity contribution >= 4 is 45.0 Å². The Kier molecular flexibility index (Phi) is 4.78. The number of nitrogens with zero attached hydrogens (tertiary/aromatic N) is 1. The molecule has 0 atom stereocenters. The van der Waals surface area contributed by atoms with Crippen LogP contribution in [0.5, 0.6) is 0 Å². The van der Waals surface area contributed by atoms with Crippen LogP contribution in [0.25, 0.3) is 20.3 Å². The minimum Gasteiger partial charge on any atom is -0.302 e. The Hall–Kier alpha value is -1.50. The summed E-state index contributed by atoms with van der Waals surface area (Å²) in [5.41, 5.74) is 0.983. The predicted molar refractivity (Wildman–Crippen MR) is 104 cm³/mol. The molecule has 124 valence electrons. The van der Waals surface area contributed by atoms with E-state index < -0.39 is 0 Å². The number of rotatable bonds is 4. The van der Waals surface area contributed by atoms with E-state index in [9.17, 15) is 4.79 Å². The largest absolute Gasteiger partial charge is 0.302 e. The Morgan fingerprint density at radius 1 is 1.04 bits per heavy atom. The summed E-state index contributed by atoms with van der Waals surface area (Å²) in [4.78, 5) is 20.8. The quantitative estimate of drug-likeness (QED) is 0.598. The van der Waals surface area contributed by atoms with Gasteiger partial charge in [-0.3, -0.25) is 4.79 Å². The van der Waals surface area contributed by atoms with Gasteiger partial charge in [0.25, 0.3) is 0 Å². The maximum atomic E-state index is 12.5. The van der Waals surface area contributed by atoms with E-state index in [1.807, 2.05) is 6.07 Å². The molecule has 0 bridgehead atoms. The van der Waals surface area contributed by atoms with Gasteiger partial charge in [0.2, 0.25) is 5.91 Å². The third kappa shape index (κ3) is 3.31. The lowest BCUT2D eigenvalue weighted by molar-refractivity contribution is -0.120. The van der Waals surface area contributed by atoms with Crippen LogP contribution in [0, 0.1) is 5.92 Å². The van der Waals surface area contributed by atoms with Gasteiger partial charge < -0.3 is 5.32 Å². The second kappa shape index (κ2) is 7.17. The van der Waals surface area contributed by atoms with Gasteiger partial charge in [-0.15, -0.1) is 22.7 Å². The van der Waals surface area contributed by atoms with Gasteiger partial charge in [0.1, 0.15) is 5.69 Å². The molecule has 0 aromatic carbocycles. The number of hydrogen-bond acceptors (Lipinski definition) is 5. The van der Waals surface area contributed by atoms with Crippen LogP contribution in [-0.4, -0.2) is 10.9 Å². The third-order valence-electron chi connectivity index (χ3n) is 4.33. The third-order valence-corrected chi connectivity index (χ3v) is 7.23. The van der Waals surface area contributed by atoms with Crippen molar-refractivity contribution in [2.75, 3.05) is 5.32 Å². The first kappa shape index (κ1) is 16.0. The summed E-state index contributed by atoms with van der Waals surface area (Å²) in [7, 11) is 0. The maximum Gasteiger partial charge on any atom is 0.229 e. The highest BCUT2D eigenvalue weighted by Gasteiger charge is 2.23. The Morgan fingerprint density at radius 2 is 1.75 bits per heavy atom. The van der Waals surface area contributed by atoms with E-state index in [1.54, 1.807) is 34.0 Å². The zero-order chi connectivity index (χ0) is 16.4. The van der Waals surface area contributed by atoms with E-state index in [0.717, 1.165) is 46.3 Å². The number of hydrogen-bond donors (Lipinski definition) is 1. The monoisotopic (exact) mass is 374 g/mol. The molecular weight excluding hydrogens is 356 g/mol. The first-order valence-corrected chi connectivity index (χ1v) is 10.8. The summed E-state index contributed by atoms with van der Waals surface area (Å²) in [6.45, 7) is 0. The number of nitrogens with one attached hydrogen (secondary N) is 1. The number of thiophene rings is 2. The smallest absolute Gasteiger partial charge is 0.229 e. The van der Waals surface area contributed by atoms with Gasteiger partial charge >= 0.3 is 0 Å². The first-order valence-electron chi connectivity index (χ1n) is 8.21. The molecule has 0 aliphatic heterocycles. The lowest BCUT2D eigenvalue weighted by Crippen LogP contribution is -2.24. The standard InChI is InChI=1S/C18H18N2OS3/c21-17(12-6-2-1-3-7-12)20-18-19-15(13-8-4-10-22-13)16(24-18)14-9-5-11-23-14/h4-5,8-12H,1-3,6-7H2,(H,19,20,21). The Balaban J connectivity index is 1.62. The molecule has 1 saturated carbocycles. The molecule has 1 N–H and O–H groups in total. The Morgan fingerprint density at radius 3 is 2.42 bits per heavy atom. The van der Waals surface area contributed by atoms with E-state index in [4.69, 9.17) is 4.98 Å². The molecule has 1 fully saturated rings. The maximum absolute atomic E-state index is 12.5. The highest BCUT2D eigenvalue weighted by molar-refractivity contribution is 7.24. The second-order valence-electron chi connectivity index (χ2n) is 5.98. The molecule has 1 aliphatic carbocycles. The molecule has 1 aliphatic rings. The van der Waals surface area contributed by atoms with E-state index in [1.165, 1.54) is 11.3 Å². The van der Waals surface area contributed by atoms with Gasteiger partial charge in [-0.1, -0.05) is 42.7 Å². The van der Waals surface area contributed by atoms with Gasteiger partial charge in [-0.05, 0) is 35.7 Å². The topological polar surface area (TPSA) is 42.0 Å². The second-order valence-corrected chi connectivity index (χ2v) is 8.87. The van der Waals surface area contributed by atoms with E-state index >= 15 is 0 Å². The van der Waals surface area contributed by atoms with Crippen molar-refractivity contribution in [2.24, 2.45) is 5.92 Å². The normalized spacial score (nSPS) is 15.5. The summed E-state index contributed by atoms with van der Waals surface area (Å²) < 4.78 is 0. The van der Waals surface area contributed by atoms with Gasteiger partial charge in [0, 0.05) is 10.8 Å². The zero-order valence-corrected chi connectivity index (χ0v) is 15.6. The van der Waals surface area contributed by atoms with Crippen molar-refractivity contribution in [1.29, 1.82) is 0 Å². The van der Waals surface area contributed by atoms with E-state index in [-0.39, 0.29) is 11.8 Å². The van der Waals surface area contributed by atoms with Crippen molar-refractivity contribution < 1.29 is 4.79 Å². The van der Waals surface area contributed by atoms with Crippen LogP contribution in [0.2, 0.25) is 0 Å². The van der Waals surface area contributed by atoms with Crippen LogP contribution < -0.4 is 5.32 Å². The molecule has 3 nitrogen and oxygen atoms in total. The van der Waals surface area contributed by atoms with Crippen molar-refractivity contribution in [3.05, 3.63) is 35.0 Å². The van der Waals surface area contributed by atoms with Crippen molar-refractivity contribution in [3.63, 3.8) is 0 Å². The molecule has 3 aromatic heterocycles. The average Bonchev–Trinajstić information content (AvgIpc) is 3.36. The minimum atomic E-state index is 0.138. The molecule has 3 aromatic rings. The molecule has 3 heterocycles. The number of anilines is 1. The van der Waals surface area contributed by atoms with Crippen LogP contribution in [0.1, 0.15) is 32.1 Å². The SMILES string of the molecule is O=C(Nc1nc(-c2cccs2)c(-c2cccs2)s1)C1CCCCC1. The summed E-state index contributed by atoms with van der Waals surface area (Å²) in [6.07, 6.45) is 5.60. The number of thiazole rings is 1. The van der Waals surface area contributed by atoms with Gasteiger partial charge in [-0.2, -0.15) is 0 Å². The molecule has 1 amide bonds. The van der Waals surface area contributed by atoms with Crippen molar-refractivity contribution in [2.45, 2.75) is 32.1 Å². The van der Waals surface area contributed by atoms with Gasteiger partial charge in [0.05, 0.1) is 9.75 Å². The fraction of sp³-hybridized carbons (Fsp3) is 0.333. The average molecular weight is 375 g/mol. The summed E-state index contributed by atoms with van der Waals surface area (Å²) in [6, 6.07) is 8.29. The lowest BCUT2D eigenvalue weighted by Gasteiger charge is -2.19. The van der Waals surface area contributed by atoms with Crippen LogP contribution in [0.4, 0.5) is 5.13 Å². The van der Waals surface area contributed by atoms with Gasteiger partial charge in [0.15, 0.2) is 5.13 Å². The fourth-order valence-corrected chi connectivity index (χ4v) is 5.72. The lowest BCUT2D eigenvalue weighted by atomic mass is 9.89. The Labute approximate surface area is 153 Å². The van der Waals surface area contributed by atoms with Gasteiger partial charge in [-0.25, -0.2) is 4.98 Å². The molecule has 6 heteroatoms.